The van der Waals surface area contributed by atoms with Crippen LogP contribution in [0.3, 0.4) is 0 Å². The van der Waals surface area contributed by atoms with Crippen molar-refractivity contribution in [1.82, 2.24) is 0 Å². The zero-order valence-electron chi connectivity index (χ0n) is 14.1. The summed E-state index contributed by atoms with van der Waals surface area (Å²) < 4.78 is 27.8. The zero-order chi connectivity index (χ0) is 17.4. The van der Waals surface area contributed by atoms with Crippen LogP contribution in [0.15, 0.2) is 60.7 Å². The van der Waals surface area contributed by atoms with Crippen LogP contribution in [-0.4, -0.2) is 17.0 Å². The molecule has 0 amide bonds. The number of benzene rings is 2. The van der Waals surface area contributed by atoms with E-state index in [1.165, 1.54) is 0 Å². The van der Waals surface area contributed by atoms with Crippen LogP contribution in [0.4, 0.5) is 0 Å². The monoisotopic (exact) mass is 472 g/mol. The highest BCUT2D eigenvalue weighted by Gasteiger charge is 2.55. The predicted molar refractivity (Wildman–Crippen MR) is 113 cm³/mol. The smallest absolute Gasteiger partial charge is 0.149 e. The molecule has 1 aliphatic rings. The topological polar surface area (TPSA) is 34.1 Å². The van der Waals surface area contributed by atoms with Gasteiger partial charge in [-0.3, -0.25) is 0 Å². The van der Waals surface area contributed by atoms with Crippen LogP contribution in [0.1, 0.15) is 26.7 Å². The normalized spacial score (nSPS) is 24.9. The van der Waals surface area contributed by atoms with Crippen molar-refractivity contribution in [3.63, 3.8) is 0 Å². The lowest BCUT2D eigenvalue weighted by Crippen LogP contribution is -2.41. The third-order valence-corrected chi connectivity index (χ3v) is 15.7. The number of hydrogen-bond donors (Lipinski definition) is 0. The first-order chi connectivity index (χ1) is 11.3. The molecule has 2 aromatic rings. The highest BCUT2D eigenvalue weighted by atomic mass is 127. The Bertz CT molecular complexity index is 759. The summed E-state index contributed by atoms with van der Waals surface area (Å²) in [5.74, 6) is 0. The van der Waals surface area contributed by atoms with E-state index in [1.807, 2.05) is 60.7 Å². The van der Waals surface area contributed by atoms with Gasteiger partial charge >= 0.3 is 0 Å². The van der Waals surface area contributed by atoms with Crippen molar-refractivity contribution in [1.29, 1.82) is 0 Å². The Morgan fingerprint density at radius 3 is 1.83 bits per heavy atom. The second-order valence-electron chi connectivity index (χ2n) is 7.02. The van der Waals surface area contributed by atoms with E-state index in [-0.39, 0.29) is 5.66 Å². The summed E-state index contributed by atoms with van der Waals surface area (Å²) in [6, 6.07) is 19.5. The molecule has 2 unspecified atom stereocenters. The molecule has 1 fully saturated rings. The Kier molecular flexibility index (Phi) is 5.17. The highest BCUT2D eigenvalue weighted by Crippen LogP contribution is 2.74. The van der Waals surface area contributed by atoms with E-state index in [1.54, 1.807) is 0 Å². The van der Waals surface area contributed by atoms with Crippen molar-refractivity contribution in [3.05, 3.63) is 60.7 Å². The van der Waals surface area contributed by atoms with E-state index in [0.29, 0.717) is 0 Å². The van der Waals surface area contributed by atoms with Crippen molar-refractivity contribution in [3.8, 4) is 0 Å². The molecule has 5 heteroatoms. The third-order valence-electron chi connectivity index (χ3n) is 5.27. The van der Waals surface area contributed by atoms with Gasteiger partial charge < -0.3 is 9.13 Å². The van der Waals surface area contributed by atoms with Crippen molar-refractivity contribution in [2.45, 2.75) is 37.5 Å². The van der Waals surface area contributed by atoms with Crippen molar-refractivity contribution in [2.75, 3.05) is 6.16 Å². The van der Waals surface area contributed by atoms with Crippen LogP contribution in [0, 0.1) is 0 Å². The van der Waals surface area contributed by atoms with Crippen molar-refractivity contribution in [2.24, 2.45) is 0 Å². The Morgan fingerprint density at radius 1 is 1.00 bits per heavy atom. The molecule has 0 bridgehead atoms. The SMILES string of the molecule is CC(C)(C1CCCP1(=O)I)P(=O)(c1ccccc1)c1ccccc1. The van der Waals surface area contributed by atoms with Gasteiger partial charge in [-0.1, -0.05) is 74.5 Å². The van der Waals surface area contributed by atoms with Crippen LogP contribution in [-0.2, 0) is 9.13 Å². The minimum atomic E-state index is -2.93. The molecule has 24 heavy (non-hydrogen) atoms. The Hall–Kier alpha value is -0.370. The van der Waals surface area contributed by atoms with E-state index in [2.05, 4.69) is 35.9 Å². The van der Waals surface area contributed by atoms with E-state index in [0.717, 1.165) is 29.6 Å². The lowest BCUT2D eigenvalue weighted by molar-refractivity contribution is 0.524. The van der Waals surface area contributed by atoms with Gasteiger partial charge in [0.05, 0.1) is 0 Å². The lowest BCUT2D eigenvalue weighted by atomic mass is 10.1. The quantitative estimate of drug-likeness (QED) is 0.426. The largest absolute Gasteiger partial charge is 0.313 e. The second kappa shape index (κ2) is 6.74. The minimum Gasteiger partial charge on any atom is -0.313 e. The fraction of sp³-hybridized carbons (Fsp3) is 0.368. The summed E-state index contributed by atoms with van der Waals surface area (Å²) in [7, 11) is -2.93. The summed E-state index contributed by atoms with van der Waals surface area (Å²) in [5.41, 5.74) is -0.00292. The van der Waals surface area contributed by atoms with Gasteiger partial charge in [0.2, 0.25) is 0 Å². The van der Waals surface area contributed by atoms with E-state index in [4.69, 9.17) is 0 Å². The van der Waals surface area contributed by atoms with E-state index < -0.39 is 17.1 Å². The maximum atomic E-state index is 14.6. The van der Waals surface area contributed by atoms with Gasteiger partial charge in [0.15, 0.2) is 0 Å². The molecule has 1 aliphatic heterocycles. The first-order valence-electron chi connectivity index (χ1n) is 8.30. The maximum Gasteiger partial charge on any atom is 0.149 e. The Labute approximate surface area is 157 Å². The molecule has 1 saturated heterocycles. The Morgan fingerprint density at radius 2 is 1.46 bits per heavy atom. The molecule has 1 heterocycles. The average molecular weight is 472 g/mol. The molecule has 0 radical (unpaired) electrons. The standard InChI is InChI=1S/C19H23IO2P2/c1-19(2,18-14-9-15-23(18,20)21)24(22,16-10-5-3-6-11-16)17-12-7-4-8-13-17/h3-8,10-13,18H,9,14-15H2,1-2H3. The van der Waals surface area contributed by atoms with Gasteiger partial charge in [-0.05, 0) is 34.9 Å². The molecule has 0 saturated carbocycles. The molecule has 0 aliphatic carbocycles. The van der Waals surface area contributed by atoms with Gasteiger partial charge in [0, 0.05) is 27.6 Å². The number of rotatable bonds is 4. The number of halogens is 1. The fourth-order valence-corrected chi connectivity index (χ4v) is 15.4. The lowest BCUT2D eigenvalue weighted by Gasteiger charge is -2.41. The van der Waals surface area contributed by atoms with Crippen LogP contribution in [0.25, 0.3) is 0 Å². The summed E-state index contributed by atoms with van der Waals surface area (Å²) in [4.78, 5) is -2.31. The molecule has 0 N–H and O–H groups in total. The molecule has 0 aromatic heterocycles. The molecule has 2 nitrogen and oxygen atoms in total. The van der Waals surface area contributed by atoms with Gasteiger partial charge in [0.25, 0.3) is 0 Å². The van der Waals surface area contributed by atoms with Crippen LogP contribution < -0.4 is 10.6 Å². The predicted octanol–water partition coefficient (Wildman–Crippen LogP) is 5.65. The van der Waals surface area contributed by atoms with Crippen LogP contribution in [0.5, 0.6) is 0 Å². The summed E-state index contributed by atoms with van der Waals surface area (Å²) >= 11 is 2.17. The summed E-state index contributed by atoms with van der Waals surface area (Å²) in [6.07, 6.45) is 2.64. The third kappa shape index (κ3) is 2.97. The molecule has 0 spiro atoms. The minimum absolute atomic E-state index is 0.00292. The van der Waals surface area contributed by atoms with E-state index in [9.17, 15) is 9.13 Å². The van der Waals surface area contributed by atoms with Gasteiger partial charge in [-0.2, -0.15) is 0 Å². The average Bonchev–Trinajstić information content (AvgIpc) is 2.95. The Balaban J connectivity index is 2.23. The molecular weight excluding hydrogens is 449 g/mol. The van der Waals surface area contributed by atoms with Crippen LogP contribution >= 0.6 is 34.0 Å². The summed E-state index contributed by atoms with van der Waals surface area (Å²) in [6.45, 7) is 4.13. The van der Waals surface area contributed by atoms with Gasteiger partial charge in [0.1, 0.15) is 11.9 Å². The van der Waals surface area contributed by atoms with Gasteiger partial charge in [-0.15, -0.1) is 0 Å². The molecule has 3 rings (SSSR count). The van der Waals surface area contributed by atoms with Crippen molar-refractivity contribution < 1.29 is 9.13 Å². The first-order valence-corrected chi connectivity index (χ1v) is 14.8. The molecule has 128 valence electrons. The molecular formula is C19H23IO2P2. The van der Waals surface area contributed by atoms with Gasteiger partial charge in [-0.25, -0.2) is 0 Å². The zero-order valence-corrected chi connectivity index (χ0v) is 18.0. The first kappa shape index (κ1) is 18.4. The summed E-state index contributed by atoms with van der Waals surface area (Å²) in [5, 5.41) is 1.19. The number of hydrogen-bond acceptors (Lipinski definition) is 2. The van der Waals surface area contributed by atoms with Crippen LogP contribution in [0.2, 0.25) is 0 Å². The highest BCUT2D eigenvalue weighted by molar-refractivity contribution is 14.2. The van der Waals surface area contributed by atoms with Crippen molar-refractivity contribution >= 4 is 44.6 Å². The molecule has 2 atom stereocenters. The second-order valence-corrected chi connectivity index (χ2v) is 17.8. The van der Waals surface area contributed by atoms with E-state index >= 15 is 0 Å². The maximum absolute atomic E-state index is 14.6. The molecule has 2 aromatic carbocycles. The fourth-order valence-electron chi connectivity index (χ4n) is 3.97.